The largest absolute Gasteiger partial charge is 0.507 e. The third-order valence-electron chi connectivity index (χ3n) is 4.87. The number of ether oxygens (including phenoxy) is 1. The Bertz CT molecular complexity index is 993. The summed E-state index contributed by atoms with van der Waals surface area (Å²) in [5.74, 6) is -2.68. The number of aliphatic hydroxyl groups excluding tert-OH is 1. The third kappa shape index (κ3) is 3.85. The van der Waals surface area contributed by atoms with Gasteiger partial charge in [-0.2, -0.15) is 0 Å². The zero-order chi connectivity index (χ0) is 21.1. The van der Waals surface area contributed by atoms with E-state index in [0.717, 1.165) is 5.56 Å². The van der Waals surface area contributed by atoms with Crippen LogP contribution in [0.4, 0.5) is 0 Å². The highest BCUT2D eigenvalue weighted by Gasteiger charge is 2.46. The molecule has 1 amide bonds. The molecule has 1 saturated heterocycles. The van der Waals surface area contributed by atoms with Crippen LogP contribution in [-0.2, 0) is 14.4 Å². The fourth-order valence-electron chi connectivity index (χ4n) is 3.41. The van der Waals surface area contributed by atoms with Crippen LogP contribution < -0.4 is 4.74 Å². The minimum atomic E-state index is -1.09. The number of benzene rings is 2. The van der Waals surface area contributed by atoms with Gasteiger partial charge in [-0.1, -0.05) is 48.0 Å². The zero-order valence-corrected chi connectivity index (χ0v) is 16.1. The van der Waals surface area contributed by atoms with Crippen LogP contribution in [0.3, 0.4) is 0 Å². The van der Waals surface area contributed by atoms with Gasteiger partial charge in [-0.3, -0.25) is 14.4 Å². The molecule has 2 N–H and O–H groups in total. The van der Waals surface area contributed by atoms with Crippen molar-refractivity contribution >= 4 is 23.4 Å². The molecule has 29 heavy (non-hydrogen) atoms. The first-order valence-electron chi connectivity index (χ1n) is 9.05. The maximum atomic E-state index is 12.8. The van der Waals surface area contributed by atoms with Crippen LogP contribution in [0.2, 0.25) is 0 Å². The second-order valence-corrected chi connectivity index (χ2v) is 6.74. The van der Waals surface area contributed by atoms with E-state index in [1.807, 2.05) is 6.92 Å². The fourth-order valence-corrected chi connectivity index (χ4v) is 3.41. The number of aliphatic hydroxyl groups is 1. The number of amides is 1. The number of carbonyl (C=O) groups is 3. The molecule has 150 valence electrons. The Hall–Kier alpha value is -3.61. The SMILES string of the molecule is COc1ccccc1C1/C(=C(/O)c2ccc(C)cc2)C(=O)C(=O)N1CCC(=O)O. The molecule has 7 heteroatoms. The van der Waals surface area contributed by atoms with Gasteiger partial charge < -0.3 is 19.8 Å². The molecule has 0 spiro atoms. The van der Waals surface area contributed by atoms with Crippen molar-refractivity contribution in [2.45, 2.75) is 19.4 Å². The van der Waals surface area contributed by atoms with Crippen molar-refractivity contribution in [3.05, 3.63) is 70.8 Å². The Morgan fingerprint density at radius 2 is 1.72 bits per heavy atom. The number of hydrogen-bond acceptors (Lipinski definition) is 5. The number of carboxylic acid groups (broad SMARTS) is 1. The van der Waals surface area contributed by atoms with E-state index in [9.17, 15) is 19.5 Å². The molecule has 2 aromatic carbocycles. The minimum absolute atomic E-state index is 0.0891. The zero-order valence-electron chi connectivity index (χ0n) is 16.1. The first-order valence-corrected chi connectivity index (χ1v) is 9.05. The van der Waals surface area contributed by atoms with Crippen LogP contribution in [0.1, 0.15) is 29.2 Å². The van der Waals surface area contributed by atoms with Gasteiger partial charge in [0.05, 0.1) is 25.1 Å². The number of Topliss-reactive ketones (excluding diaryl/α,β-unsaturated/α-hetero) is 1. The van der Waals surface area contributed by atoms with Gasteiger partial charge in [0.15, 0.2) is 0 Å². The normalized spacial score (nSPS) is 18.1. The monoisotopic (exact) mass is 395 g/mol. The summed E-state index contributed by atoms with van der Waals surface area (Å²) in [6.07, 6.45) is -0.330. The van der Waals surface area contributed by atoms with E-state index < -0.39 is 23.7 Å². The number of para-hydroxylation sites is 1. The molecule has 2 aromatic rings. The van der Waals surface area contributed by atoms with Crippen LogP contribution in [0, 0.1) is 6.92 Å². The number of aliphatic carboxylic acids is 1. The maximum absolute atomic E-state index is 12.8. The van der Waals surface area contributed by atoms with Gasteiger partial charge >= 0.3 is 5.97 Å². The molecule has 0 aromatic heterocycles. The molecule has 3 rings (SSSR count). The first kappa shape index (κ1) is 20.1. The van der Waals surface area contributed by atoms with Crippen molar-refractivity contribution < 1.29 is 29.3 Å². The van der Waals surface area contributed by atoms with E-state index in [1.54, 1.807) is 48.5 Å². The molecule has 1 heterocycles. The van der Waals surface area contributed by atoms with Crippen molar-refractivity contribution in [2.75, 3.05) is 13.7 Å². The molecule has 0 saturated carbocycles. The van der Waals surface area contributed by atoms with E-state index in [-0.39, 0.29) is 24.3 Å². The highest BCUT2D eigenvalue weighted by atomic mass is 16.5. The van der Waals surface area contributed by atoms with Gasteiger partial charge in [-0.15, -0.1) is 0 Å². The molecule has 1 atom stereocenters. The number of carboxylic acids is 1. The van der Waals surface area contributed by atoms with Crippen molar-refractivity contribution in [3.8, 4) is 5.75 Å². The second-order valence-electron chi connectivity index (χ2n) is 6.74. The van der Waals surface area contributed by atoms with Crippen LogP contribution in [-0.4, -0.2) is 46.4 Å². The number of rotatable bonds is 6. The third-order valence-corrected chi connectivity index (χ3v) is 4.87. The Kier molecular flexibility index (Phi) is 5.68. The lowest BCUT2D eigenvalue weighted by Gasteiger charge is -2.26. The Morgan fingerprint density at radius 1 is 1.07 bits per heavy atom. The fraction of sp³-hybridized carbons (Fsp3) is 0.227. The lowest BCUT2D eigenvalue weighted by atomic mass is 9.94. The van der Waals surface area contributed by atoms with Gasteiger partial charge in [0.25, 0.3) is 11.7 Å². The summed E-state index contributed by atoms with van der Waals surface area (Å²) in [5, 5.41) is 20.0. The van der Waals surface area contributed by atoms with Crippen molar-refractivity contribution in [2.24, 2.45) is 0 Å². The smallest absolute Gasteiger partial charge is 0.305 e. The summed E-state index contributed by atoms with van der Waals surface area (Å²) in [6, 6.07) is 12.8. The summed E-state index contributed by atoms with van der Waals surface area (Å²) in [5.41, 5.74) is 1.78. The molecule has 7 nitrogen and oxygen atoms in total. The predicted octanol–water partition coefficient (Wildman–Crippen LogP) is 2.90. The molecule has 1 aliphatic heterocycles. The maximum Gasteiger partial charge on any atom is 0.305 e. The average molecular weight is 395 g/mol. The van der Waals surface area contributed by atoms with Crippen LogP contribution >= 0.6 is 0 Å². The van der Waals surface area contributed by atoms with E-state index in [1.165, 1.54) is 12.0 Å². The average Bonchev–Trinajstić information content (AvgIpc) is 2.96. The van der Waals surface area contributed by atoms with Gasteiger partial charge in [0, 0.05) is 17.7 Å². The molecule has 1 unspecified atom stereocenters. The van der Waals surface area contributed by atoms with Crippen LogP contribution in [0.25, 0.3) is 5.76 Å². The number of carbonyl (C=O) groups excluding carboxylic acids is 2. The molecular weight excluding hydrogens is 374 g/mol. The summed E-state index contributed by atoms with van der Waals surface area (Å²) in [4.78, 5) is 37.8. The number of ketones is 1. The lowest BCUT2D eigenvalue weighted by Crippen LogP contribution is -2.32. The van der Waals surface area contributed by atoms with Gasteiger partial charge in [-0.05, 0) is 13.0 Å². The summed E-state index contributed by atoms with van der Waals surface area (Å²) < 4.78 is 5.38. The Morgan fingerprint density at radius 3 is 2.34 bits per heavy atom. The van der Waals surface area contributed by atoms with E-state index in [0.29, 0.717) is 16.9 Å². The summed E-state index contributed by atoms with van der Waals surface area (Å²) in [6.45, 7) is 1.72. The van der Waals surface area contributed by atoms with E-state index in [2.05, 4.69) is 0 Å². The van der Waals surface area contributed by atoms with Crippen LogP contribution in [0.5, 0.6) is 5.75 Å². The number of methoxy groups -OCH3 is 1. The van der Waals surface area contributed by atoms with Gasteiger partial charge in [0.1, 0.15) is 11.5 Å². The Labute approximate surface area is 167 Å². The van der Waals surface area contributed by atoms with Crippen LogP contribution in [0.15, 0.2) is 54.1 Å². The highest BCUT2D eigenvalue weighted by molar-refractivity contribution is 6.46. The number of hydrogen-bond donors (Lipinski definition) is 2. The standard InChI is InChI=1S/C22H21NO6/c1-13-7-9-14(10-8-13)20(26)18-19(15-5-3-4-6-16(15)29-2)23(12-11-17(24)25)22(28)21(18)27/h3-10,19,26H,11-12H2,1-2H3,(H,24,25)/b20-18-. The second kappa shape index (κ2) is 8.18. The summed E-state index contributed by atoms with van der Waals surface area (Å²) in [7, 11) is 1.46. The van der Waals surface area contributed by atoms with Crippen molar-refractivity contribution in [1.82, 2.24) is 4.90 Å². The van der Waals surface area contributed by atoms with E-state index in [4.69, 9.17) is 9.84 Å². The quantitative estimate of drug-likeness (QED) is 0.443. The molecule has 1 fully saturated rings. The first-order chi connectivity index (χ1) is 13.8. The van der Waals surface area contributed by atoms with Crippen molar-refractivity contribution in [1.29, 1.82) is 0 Å². The molecule has 0 bridgehead atoms. The number of aryl methyl sites for hydroxylation is 1. The molecule has 0 aliphatic carbocycles. The van der Waals surface area contributed by atoms with Gasteiger partial charge in [0.2, 0.25) is 0 Å². The Balaban J connectivity index is 2.20. The predicted molar refractivity (Wildman–Crippen MR) is 105 cm³/mol. The number of likely N-dealkylation sites (tertiary alicyclic amines) is 1. The van der Waals surface area contributed by atoms with E-state index >= 15 is 0 Å². The minimum Gasteiger partial charge on any atom is -0.507 e. The lowest BCUT2D eigenvalue weighted by molar-refractivity contribution is -0.142. The van der Waals surface area contributed by atoms with Crippen molar-refractivity contribution in [3.63, 3.8) is 0 Å². The molecular formula is C22H21NO6. The molecule has 0 radical (unpaired) electrons. The summed E-state index contributed by atoms with van der Waals surface area (Å²) >= 11 is 0. The number of nitrogens with zero attached hydrogens (tertiary/aromatic N) is 1. The van der Waals surface area contributed by atoms with Gasteiger partial charge in [-0.25, -0.2) is 0 Å². The molecule has 1 aliphatic rings. The highest BCUT2D eigenvalue weighted by Crippen LogP contribution is 2.42. The topological polar surface area (TPSA) is 104 Å².